The third kappa shape index (κ3) is 2.09. The van der Waals surface area contributed by atoms with Crippen LogP contribution < -0.4 is 0 Å². The van der Waals surface area contributed by atoms with Crippen molar-refractivity contribution in [3.63, 3.8) is 0 Å². The van der Waals surface area contributed by atoms with Gasteiger partial charge in [0.05, 0.1) is 7.70 Å². The summed E-state index contributed by atoms with van der Waals surface area (Å²) in [7, 11) is 0. The van der Waals surface area contributed by atoms with Gasteiger partial charge in [-0.2, -0.15) is 0 Å². The maximum absolute atomic E-state index is 7.37. The van der Waals surface area contributed by atoms with Crippen LogP contribution in [0.1, 0.15) is 27.7 Å². The molecule has 2 nitrogen and oxygen atoms in total. The Hall–Kier alpha value is -1.57. The quantitative estimate of drug-likeness (QED) is 0.693. The van der Waals surface area contributed by atoms with Gasteiger partial charge in [-0.1, -0.05) is 32.9 Å². The van der Waals surface area contributed by atoms with Crippen molar-refractivity contribution < 1.29 is 1.37 Å². The normalized spacial score (nSPS) is 12.6. The van der Waals surface area contributed by atoms with Crippen molar-refractivity contribution >= 4 is 0 Å². The lowest BCUT2D eigenvalue weighted by atomic mass is 9.87. The number of hydrogen-bond acceptors (Lipinski definition) is 1. The van der Waals surface area contributed by atoms with E-state index >= 15 is 0 Å². The molecule has 0 N–H and O–H groups in total. The van der Waals surface area contributed by atoms with E-state index in [4.69, 9.17) is 1.37 Å². The van der Waals surface area contributed by atoms with Crippen LogP contribution in [0.15, 0.2) is 43.0 Å². The predicted molar refractivity (Wildman–Crippen MR) is 62.3 cm³/mol. The molecule has 2 heteroatoms. The lowest BCUT2D eigenvalue weighted by Gasteiger charge is -2.19. The first kappa shape index (κ1) is 8.72. The molecule has 0 aliphatic heterocycles. The zero-order valence-corrected chi connectivity index (χ0v) is 9.36. The topological polar surface area (TPSA) is 17.8 Å². The average Bonchev–Trinajstić information content (AvgIpc) is 2.64. The number of rotatable bonds is 1. The highest BCUT2D eigenvalue weighted by molar-refractivity contribution is 5.36. The Kier molecular flexibility index (Phi) is 2.05. The molecule has 1 aromatic heterocycles. The summed E-state index contributed by atoms with van der Waals surface area (Å²) >= 11 is 0. The van der Waals surface area contributed by atoms with Gasteiger partial charge in [0.2, 0.25) is 0 Å². The number of benzene rings is 1. The van der Waals surface area contributed by atoms with Crippen LogP contribution in [-0.4, -0.2) is 9.55 Å². The number of nitrogens with zero attached hydrogens (tertiary/aromatic N) is 2. The summed E-state index contributed by atoms with van der Waals surface area (Å²) < 4.78 is 9.23. The first-order chi connectivity index (χ1) is 7.47. The molecule has 2 rings (SSSR count). The van der Waals surface area contributed by atoms with Gasteiger partial charge < -0.3 is 4.57 Å². The van der Waals surface area contributed by atoms with Gasteiger partial charge in [0, 0.05) is 18.1 Å². The zero-order chi connectivity index (χ0) is 11.8. The minimum Gasteiger partial charge on any atom is -0.306 e. The Morgan fingerprint density at radius 1 is 1.20 bits per heavy atom. The zero-order valence-electron chi connectivity index (χ0n) is 10.4. The molecular formula is C13H16N2. The molecule has 0 amide bonds. The van der Waals surface area contributed by atoms with Crippen molar-refractivity contribution in [3.05, 3.63) is 48.5 Å². The molecule has 0 atom stereocenters. The summed E-state index contributed by atoms with van der Waals surface area (Å²) in [5, 5.41) is 0. The Balaban J connectivity index is 2.33. The van der Waals surface area contributed by atoms with E-state index in [1.165, 1.54) is 5.56 Å². The molecule has 0 spiro atoms. The summed E-state index contributed by atoms with van der Waals surface area (Å²) in [4.78, 5) is 3.89. The molecule has 0 fully saturated rings. The third-order valence-corrected chi connectivity index (χ3v) is 2.48. The van der Waals surface area contributed by atoms with Crippen LogP contribution in [0.5, 0.6) is 0 Å². The van der Waals surface area contributed by atoms with Crippen LogP contribution in [0.3, 0.4) is 0 Å². The van der Waals surface area contributed by atoms with Crippen LogP contribution in [-0.2, 0) is 5.41 Å². The Morgan fingerprint density at radius 2 is 1.87 bits per heavy atom. The molecule has 2 aromatic rings. The summed E-state index contributed by atoms with van der Waals surface area (Å²) in [6.45, 7) is 6.59. The molecule has 0 saturated heterocycles. The van der Waals surface area contributed by atoms with Crippen LogP contribution in [0.4, 0.5) is 0 Å². The van der Waals surface area contributed by atoms with Gasteiger partial charge in [0.25, 0.3) is 0 Å². The maximum Gasteiger partial charge on any atom is 0.0991 e. The molecule has 1 aromatic carbocycles. The van der Waals surface area contributed by atoms with Gasteiger partial charge in [-0.15, -0.1) is 0 Å². The van der Waals surface area contributed by atoms with Gasteiger partial charge in [0.1, 0.15) is 0 Å². The highest BCUT2D eigenvalue weighted by Gasteiger charge is 2.12. The number of imidazole rings is 1. The smallest absolute Gasteiger partial charge is 0.0991 e. The van der Waals surface area contributed by atoms with Crippen molar-refractivity contribution in [2.24, 2.45) is 0 Å². The fourth-order valence-corrected chi connectivity index (χ4v) is 1.50. The molecule has 0 radical (unpaired) electrons. The van der Waals surface area contributed by atoms with Crippen LogP contribution in [0.2, 0.25) is 0 Å². The van der Waals surface area contributed by atoms with E-state index in [2.05, 4.69) is 50.0 Å². The SMILES string of the molecule is [2H]c1cn(-c2ccc(C(C)(C)C)cc2)cn1. The molecular weight excluding hydrogens is 184 g/mol. The van der Waals surface area contributed by atoms with Gasteiger partial charge in [0.15, 0.2) is 0 Å². The minimum atomic E-state index is 0.175. The van der Waals surface area contributed by atoms with E-state index in [-0.39, 0.29) is 5.41 Å². The van der Waals surface area contributed by atoms with E-state index in [9.17, 15) is 0 Å². The second-order valence-electron chi connectivity index (χ2n) is 4.71. The summed E-state index contributed by atoms with van der Waals surface area (Å²) in [6.07, 6.45) is 3.65. The Bertz CT molecular complexity index is 477. The third-order valence-electron chi connectivity index (χ3n) is 2.48. The van der Waals surface area contributed by atoms with E-state index in [1.807, 2.05) is 4.57 Å². The maximum atomic E-state index is 7.37. The van der Waals surface area contributed by atoms with Gasteiger partial charge >= 0.3 is 0 Å². The molecule has 0 aliphatic carbocycles. The molecule has 0 aliphatic rings. The highest BCUT2D eigenvalue weighted by Crippen LogP contribution is 2.22. The van der Waals surface area contributed by atoms with Gasteiger partial charge in [-0.25, -0.2) is 4.98 Å². The lowest BCUT2D eigenvalue weighted by Crippen LogP contribution is -2.10. The first-order valence-electron chi connectivity index (χ1n) is 5.58. The van der Waals surface area contributed by atoms with E-state index in [0.29, 0.717) is 6.17 Å². The van der Waals surface area contributed by atoms with E-state index in [0.717, 1.165) is 5.69 Å². The van der Waals surface area contributed by atoms with Crippen LogP contribution in [0.25, 0.3) is 5.69 Å². The molecule has 78 valence electrons. The van der Waals surface area contributed by atoms with Crippen molar-refractivity contribution in [2.45, 2.75) is 26.2 Å². The van der Waals surface area contributed by atoms with E-state index < -0.39 is 0 Å². The minimum absolute atomic E-state index is 0.175. The summed E-state index contributed by atoms with van der Waals surface area (Å²) in [5.41, 5.74) is 2.52. The Morgan fingerprint density at radius 3 is 2.33 bits per heavy atom. The molecule has 0 saturated carbocycles. The highest BCUT2D eigenvalue weighted by atomic mass is 15.0. The molecule has 15 heavy (non-hydrogen) atoms. The van der Waals surface area contributed by atoms with Crippen molar-refractivity contribution in [1.29, 1.82) is 0 Å². The van der Waals surface area contributed by atoms with Gasteiger partial charge in [-0.3, -0.25) is 0 Å². The Labute approximate surface area is 92.0 Å². The lowest BCUT2D eigenvalue weighted by molar-refractivity contribution is 0.590. The van der Waals surface area contributed by atoms with Crippen molar-refractivity contribution in [3.8, 4) is 5.69 Å². The first-order valence-corrected chi connectivity index (χ1v) is 5.08. The largest absolute Gasteiger partial charge is 0.306 e. The molecule has 0 bridgehead atoms. The van der Waals surface area contributed by atoms with E-state index in [1.54, 1.807) is 12.5 Å². The average molecular weight is 201 g/mol. The number of hydrogen-bond donors (Lipinski definition) is 0. The van der Waals surface area contributed by atoms with Crippen molar-refractivity contribution in [2.75, 3.05) is 0 Å². The van der Waals surface area contributed by atoms with Crippen LogP contribution >= 0.6 is 0 Å². The second-order valence-corrected chi connectivity index (χ2v) is 4.71. The van der Waals surface area contributed by atoms with Crippen LogP contribution in [0, 0.1) is 0 Å². The monoisotopic (exact) mass is 201 g/mol. The number of aromatic nitrogens is 2. The van der Waals surface area contributed by atoms with Crippen molar-refractivity contribution in [1.82, 2.24) is 9.55 Å². The summed E-state index contributed by atoms with van der Waals surface area (Å²) in [6, 6.07) is 8.36. The van der Waals surface area contributed by atoms with Gasteiger partial charge in [-0.05, 0) is 23.1 Å². The fourth-order valence-electron chi connectivity index (χ4n) is 1.50. The standard InChI is InChI=1S/C13H16N2/c1-13(2,3)11-4-6-12(7-5-11)15-9-8-14-10-15/h4-10H,1-3H3/i8D. The molecule has 0 unspecified atom stereocenters. The summed E-state index contributed by atoms with van der Waals surface area (Å²) in [5.74, 6) is 0. The fraction of sp³-hybridized carbons (Fsp3) is 0.308. The predicted octanol–water partition coefficient (Wildman–Crippen LogP) is 3.17. The second kappa shape index (κ2) is 3.54. The molecule has 1 heterocycles.